The van der Waals surface area contributed by atoms with Crippen LogP contribution in [0.15, 0.2) is 0 Å². The molecule has 0 unspecified atom stereocenters. The molecule has 4 nitrogen and oxygen atoms in total. The van der Waals surface area contributed by atoms with Gasteiger partial charge < -0.3 is 10.0 Å². The van der Waals surface area contributed by atoms with Gasteiger partial charge in [0, 0.05) is 7.05 Å². The minimum atomic E-state index is -1.14. The standard InChI is InChI=1S/C11H21NO3S/c1-5-6-7-16-8-9(13)12(4)11(2,3)10(14)15/h5-8H2,1-4H3,(H,14,15). The average Bonchev–Trinajstić information content (AvgIpc) is 2.22. The van der Waals surface area contributed by atoms with E-state index in [1.807, 2.05) is 0 Å². The van der Waals surface area contributed by atoms with Crippen molar-refractivity contribution in [2.75, 3.05) is 18.6 Å². The first-order chi connectivity index (χ1) is 7.34. The second-order valence-corrected chi connectivity index (χ2v) is 5.33. The lowest BCUT2D eigenvalue weighted by atomic mass is 10.0. The molecule has 0 aliphatic rings. The summed E-state index contributed by atoms with van der Waals surface area (Å²) in [5, 5.41) is 8.97. The fourth-order valence-electron chi connectivity index (χ4n) is 0.958. The number of carboxylic acid groups (broad SMARTS) is 1. The Morgan fingerprint density at radius 2 is 1.94 bits per heavy atom. The predicted octanol–water partition coefficient (Wildman–Crippen LogP) is 1.84. The van der Waals surface area contributed by atoms with Gasteiger partial charge in [-0.05, 0) is 26.0 Å². The van der Waals surface area contributed by atoms with Crippen molar-refractivity contribution in [1.82, 2.24) is 4.90 Å². The maximum Gasteiger partial charge on any atom is 0.329 e. The van der Waals surface area contributed by atoms with Crippen LogP contribution in [0.5, 0.6) is 0 Å². The van der Waals surface area contributed by atoms with Crippen LogP contribution in [0.25, 0.3) is 0 Å². The van der Waals surface area contributed by atoms with Gasteiger partial charge in [0.2, 0.25) is 5.91 Å². The Bertz CT molecular complexity index is 254. The summed E-state index contributed by atoms with van der Waals surface area (Å²) in [5.41, 5.74) is -1.14. The van der Waals surface area contributed by atoms with Crippen LogP contribution in [0.2, 0.25) is 0 Å². The molecule has 1 amide bonds. The Morgan fingerprint density at radius 3 is 2.38 bits per heavy atom. The maximum atomic E-state index is 11.7. The minimum Gasteiger partial charge on any atom is -0.480 e. The number of carboxylic acids is 1. The van der Waals surface area contributed by atoms with Crippen molar-refractivity contribution < 1.29 is 14.7 Å². The number of carbonyl (C=O) groups is 2. The second kappa shape index (κ2) is 6.78. The minimum absolute atomic E-state index is 0.131. The van der Waals surface area contributed by atoms with Gasteiger partial charge >= 0.3 is 5.97 Å². The summed E-state index contributed by atoms with van der Waals surface area (Å²) in [6.07, 6.45) is 2.20. The predicted molar refractivity (Wildman–Crippen MR) is 66.7 cm³/mol. The Hall–Kier alpha value is -0.710. The van der Waals surface area contributed by atoms with E-state index < -0.39 is 11.5 Å². The average molecular weight is 247 g/mol. The van der Waals surface area contributed by atoms with Crippen molar-refractivity contribution in [2.24, 2.45) is 0 Å². The monoisotopic (exact) mass is 247 g/mol. The van der Waals surface area contributed by atoms with Crippen LogP contribution in [0.3, 0.4) is 0 Å². The Labute approximate surface area is 101 Å². The van der Waals surface area contributed by atoms with Crippen molar-refractivity contribution in [1.29, 1.82) is 0 Å². The van der Waals surface area contributed by atoms with Gasteiger partial charge in [-0.25, -0.2) is 4.79 Å². The third-order valence-electron chi connectivity index (χ3n) is 2.60. The molecule has 0 aliphatic carbocycles. The summed E-state index contributed by atoms with van der Waals surface area (Å²) >= 11 is 1.56. The fraction of sp³-hybridized carbons (Fsp3) is 0.818. The number of unbranched alkanes of at least 4 members (excludes halogenated alkanes) is 1. The van der Waals surface area contributed by atoms with E-state index in [1.54, 1.807) is 11.8 Å². The summed E-state index contributed by atoms with van der Waals surface area (Å²) in [4.78, 5) is 23.9. The molecule has 0 fully saturated rings. The number of aliphatic carboxylic acids is 1. The molecular formula is C11H21NO3S. The lowest BCUT2D eigenvalue weighted by Crippen LogP contribution is -2.51. The Balaban J connectivity index is 4.13. The number of thioether (sulfide) groups is 1. The van der Waals surface area contributed by atoms with Crippen molar-refractivity contribution in [3.8, 4) is 0 Å². The largest absolute Gasteiger partial charge is 0.480 e. The summed E-state index contributed by atoms with van der Waals surface area (Å²) in [5.74, 6) is 0.187. The summed E-state index contributed by atoms with van der Waals surface area (Å²) in [6, 6.07) is 0. The summed E-state index contributed by atoms with van der Waals surface area (Å²) in [7, 11) is 1.54. The van der Waals surface area contributed by atoms with Crippen LogP contribution >= 0.6 is 11.8 Å². The first-order valence-electron chi connectivity index (χ1n) is 5.41. The zero-order chi connectivity index (χ0) is 12.8. The lowest BCUT2D eigenvalue weighted by Gasteiger charge is -2.31. The highest BCUT2D eigenvalue weighted by Crippen LogP contribution is 2.15. The zero-order valence-electron chi connectivity index (χ0n) is 10.4. The van der Waals surface area contributed by atoms with Gasteiger partial charge in [-0.3, -0.25) is 4.79 Å². The molecule has 0 aromatic carbocycles. The maximum absolute atomic E-state index is 11.7. The lowest BCUT2D eigenvalue weighted by molar-refractivity contribution is -0.154. The molecule has 0 radical (unpaired) electrons. The van der Waals surface area contributed by atoms with E-state index in [9.17, 15) is 9.59 Å². The molecule has 0 rings (SSSR count). The molecule has 1 N–H and O–H groups in total. The van der Waals surface area contributed by atoms with Crippen LogP contribution < -0.4 is 0 Å². The number of rotatable bonds is 7. The SMILES string of the molecule is CCCCSCC(=O)N(C)C(C)(C)C(=O)O. The molecule has 0 saturated carbocycles. The molecule has 0 atom stereocenters. The van der Waals surface area contributed by atoms with Gasteiger partial charge in [0.1, 0.15) is 5.54 Å². The first-order valence-corrected chi connectivity index (χ1v) is 6.57. The van der Waals surface area contributed by atoms with E-state index in [1.165, 1.54) is 25.8 Å². The molecule has 0 bridgehead atoms. The normalized spacial score (nSPS) is 11.2. The number of hydrogen-bond donors (Lipinski definition) is 1. The van der Waals surface area contributed by atoms with E-state index in [-0.39, 0.29) is 5.91 Å². The van der Waals surface area contributed by atoms with E-state index in [0.717, 1.165) is 18.6 Å². The zero-order valence-corrected chi connectivity index (χ0v) is 11.3. The van der Waals surface area contributed by atoms with Gasteiger partial charge in [0.25, 0.3) is 0 Å². The summed E-state index contributed by atoms with van der Waals surface area (Å²) < 4.78 is 0. The summed E-state index contributed by atoms with van der Waals surface area (Å²) in [6.45, 7) is 5.16. The molecular weight excluding hydrogens is 226 g/mol. The van der Waals surface area contributed by atoms with Gasteiger partial charge in [-0.15, -0.1) is 0 Å². The number of amides is 1. The Kier molecular flexibility index (Phi) is 6.48. The molecule has 0 aromatic heterocycles. The van der Waals surface area contributed by atoms with E-state index >= 15 is 0 Å². The highest BCUT2D eigenvalue weighted by Gasteiger charge is 2.34. The fourth-order valence-corrected chi connectivity index (χ4v) is 1.96. The second-order valence-electron chi connectivity index (χ2n) is 4.22. The number of likely N-dealkylation sites (N-methyl/N-ethyl adjacent to an activating group) is 1. The molecule has 0 aromatic rings. The number of nitrogens with zero attached hydrogens (tertiary/aromatic N) is 1. The van der Waals surface area contributed by atoms with E-state index in [4.69, 9.17) is 5.11 Å². The van der Waals surface area contributed by atoms with Crippen molar-refractivity contribution in [3.63, 3.8) is 0 Å². The van der Waals surface area contributed by atoms with Gasteiger partial charge in [-0.1, -0.05) is 13.3 Å². The highest BCUT2D eigenvalue weighted by molar-refractivity contribution is 7.99. The molecule has 94 valence electrons. The molecule has 0 aliphatic heterocycles. The molecule has 16 heavy (non-hydrogen) atoms. The molecule has 5 heteroatoms. The number of hydrogen-bond acceptors (Lipinski definition) is 3. The smallest absolute Gasteiger partial charge is 0.329 e. The van der Waals surface area contributed by atoms with E-state index in [2.05, 4.69) is 6.92 Å². The first kappa shape index (κ1) is 15.3. The van der Waals surface area contributed by atoms with Crippen LogP contribution in [-0.2, 0) is 9.59 Å². The third-order valence-corrected chi connectivity index (χ3v) is 3.63. The molecule has 0 heterocycles. The van der Waals surface area contributed by atoms with Gasteiger partial charge in [-0.2, -0.15) is 11.8 Å². The van der Waals surface area contributed by atoms with Crippen LogP contribution in [0, 0.1) is 0 Å². The van der Waals surface area contributed by atoms with Gasteiger partial charge in [0.15, 0.2) is 0 Å². The highest BCUT2D eigenvalue weighted by atomic mass is 32.2. The van der Waals surface area contributed by atoms with Crippen molar-refractivity contribution in [3.05, 3.63) is 0 Å². The Morgan fingerprint density at radius 1 is 1.38 bits per heavy atom. The third kappa shape index (κ3) is 4.43. The molecule has 0 spiro atoms. The van der Waals surface area contributed by atoms with Crippen LogP contribution in [0.1, 0.15) is 33.6 Å². The quantitative estimate of drug-likeness (QED) is 0.697. The van der Waals surface area contributed by atoms with Gasteiger partial charge in [0.05, 0.1) is 5.75 Å². The van der Waals surface area contributed by atoms with Crippen LogP contribution in [0.4, 0.5) is 0 Å². The van der Waals surface area contributed by atoms with E-state index in [0.29, 0.717) is 5.75 Å². The van der Waals surface area contributed by atoms with Crippen LogP contribution in [-0.4, -0.2) is 46.0 Å². The molecule has 0 saturated heterocycles. The van der Waals surface area contributed by atoms with Crippen molar-refractivity contribution >= 4 is 23.6 Å². The van der Waals surface area contributed by atoms with Crippen molar-refractivity contribution in [2.45, 2.75) is 39.2 Å². The topological polar surface area (TPSA) is 57.6 Å². The number of carbonyl (C=O) groups excluding carboxylic acids is 1.